The zero-order chi connectivity index (χ0) is 48.6. The third-order valence-electron chi connectivity index (χ3n) is 13.2. The molecule has 354 valence electrons. The first kappa shape index (κ1) is 46.1. The highest BCUT2D eigenvalue weighted by Gasteiger charge is 2.45. The van der Waals surface area contributed by atoms with Crippen LogP contribution in [0.2, 0.25) is 0 Å². The lowest BCUT2D eigenvalue weighted by atomic mass is 9.86. The van der Waals surface area contributed by atoms with E-state index in [0.717, 1.165) is 38.8 Å². The molecule has 2 aliphatic heterocycles. The van der Waals surface area contributed by atoms with Gasteiger partial charge < -0.3 is 50.3 Å². The van der Waals surface area contributed by atoms with E-state index in [1.54, 1.807) is 60.0 Å². The molecule has 69 heavy (non-hydrogen) atoms. The SMILES string of the molecule is CCc1c2c(nc3ccc(OC(C(=O)OC)c4ccc(NC(=O)[C@H](CCCNC(N)=O)NC(=O)OCC5c6ccccc6-c6ccccc65)cc4)cc13)-c1cc3c(c(=O)n1C2)COC(=O)[C@]3(O)CC. The van der Waals surface area contributed by atoms with E-state index < -0.39 is 47.7 Å². The summed E-state index contributed by atoms with van der Waals surface area (Å²) in [6.45, 7) is 3.85. The molecule has 0 saturated carbocycles. The molecule has 17 nitrogen and oxygen atoms in total. The molecule has 6 aromatic rings. The highest BCUT2D eigenvalue weighted by atomic mass is 16.6. The van der Waals surface area contributed by atoms with Crippen LogP contribution in [0.1, 0.15) is 84.1 Å². The van der Waals surface area contributed by atoms with E-state index in [-0.39, 0.29) is 61.7 Å². The third-order valence-corrected chi connectivity index (χ3v) is 13.2. The molecule has 1 unspecified atom stereocenters. The molecule has 9 rings (SSSR count). The molecule has 17 heteroatoms. The number of urea groups is 1. The number of nitrogens with one attached hydrogen (secondary N) is 3. The standard InChI is InChI=1S/C52H50N6O11/c1-4-31-36-23-30(20-21-41(36)56-44-37(31)25-58-43(44)24-40-39(47(58)60)27-67-49(62)52(40,65)5-2)69-45(48(61)66-3)28-16-18-29(19-17-28)55-46(59)42(15-10-22-54-50(53)63)57-51(64)68-26-38-34-13-8-6-11-32(34)33-12-7-9-14-35(33)38/h6-9,11-14,16-21,23-24,38,42,45,65H,4-5,10,15,22,25-27H2,1-3H3,(H,55,59)(H,57,64)(H3,53,54,63)/t42-,45?,52-/m0/s1. The monoisotopic (exact) mass is 934 g/mol. The van der Waals surface area contributed by atoms with Gasteiger partial charge in [0.1, 0.15) is 25.0 Å². The maximum Gasteiger partial charge on any atom is 0.407 e. The van der Waals surface area contributed by atoms with Gasteiger partial charge in [-0.1, -0.05) is 74.5 Å². The second-order valence-corrected chi connectivity index (χ2v) is 17.1. The Morgan fingerprint density at radius 3 is 2.32 bits per heavy atom. The number of amides is 4. The lowest BCUT2D eigenvalue weighted by Gasteiger charge is -2.31. The van der Waals surface area contributed by atoms with Crippen LogP contribution in [0.3, 0.4) is 0 Å². The van der Waals surface area contributed by atoms with E-state index in [1.165, 1.54) is 7.11 Å². The molecule has 4 aromatic carbocycles. The van der Waals surface area contributed by atoms with Crippen LogP contribution in [0.15, 0.2) is 102 Å². The Morgan fingerprint density at radius 1 is 0.942 bits per heavy atom. The lowest BCUT2D eigenvalue weighted by Crippen LogP contribution is -2.44. The average Bonchev–Trinajstić information content (AvgIpc) is 3.89. The number of esters is 2. The summed E-state index contributed by atoms with van der Waals surface area (Å²) in [5.74, 6) is -1.86. The first-order valence-corrected chi connectivity index (χ1v) is 22.8. The van der Waals surface area contributed by atoms with Crippen LogP contribution in [0, 0.1) is 0 Å². The van der Waals surface area contributed by atoms with Crippen molar-refractivity contribution in [3.63, 3.8) is 0 Å². The van der Waals surface area contributed by atoms with Crippen molar-refractivity contribution in [2.75, 3.05) is 25.6 Å². The molecule has 4 amide bonds. The molecule has 0 saturated heterocycles. The number of nitrogens with two attached hydrogens (primary N) is 1. The normalized spacial score (nSPS) is 16.1. The van der Waals surface area contributed by atoms with Crippen LogP contribution < -0.4 is 32.0 Å². The van der Waals surface area contributed by atoms with Crippen molar-refractivity contribution < 1.29 is 48.0 Å². The number of aryl methyl sites for hydroxylation is 1. The third kappa shape index (κ3) is 8.61. The summed E-state index contributed by atoms with van der Waals surface area (Å²) in [6.07, 6.45) is -0.957. The van der Waals surface area contributed by atoms with Gasteiger partial charge in [-0.15, -0.1) is 0 Å². The number of fused-ring (bicyclic) bond motifs is 8. The number of aromatic nitrogens is 2. The molecule has 0 fully saturated rings. The molecular formula is C52H50N6O11. The van der Waals surface area contributed by atoms with E-state index in [0.29, 0.717) is 46.7 Å². The molecule has 3 atom stereocenters. The van der Waals surface area contributed by atoms with Crippen molar-refractivity contribution in [1.29, 1.82) is 0 Å². The minimum absolute atomic E-state index is 0.0295. The predicted molar refractivity (Wildman–Crippen MR) is 253 cm³/mol. The van der Waals surface area contributed by atoms with Crippen LogP contribution in [-0.4, -0.2) is 70.9 Å². The van der Waals surface area contributed by atoms with Gasteiger partial charge in [-0.05, 0) is 89.9 Å². The number of hydrogen-bond donors (Lipinski definition) is 5. The van der Waals surface area contributed by atoms with Gasteiger partial charge in [0, 0.05) is 40.2 Å². The van der Waals surface area contributed by atoms with Crippen molar-refractivity contribution in [3.05, 3.63) is 146 Å². The van der Waals surface area contributed by atoms with Gasteiger partial charge in [-0.3, -0.25) is 9.59 Å². The number of methoxy groups -OCH3 is 1. The van der Waals surface area contributed by atoms with E-state index in [9.17, 15) is 33.9 Å². The zero-order valence-corrected chi connectivity index (χ0v) is 38.1. The van der Waals surface area contributed by atoms with Crippen molar-refractivity contribution in [3.8, 4) is 28.3 Å². The van der Waals surface area contributed by atoms with Crippen molar-refractivity contribution >= 4 is 46.6 Å². The highest BCUT2D eigenvalue weighted by Crippen LogP contribution is 2.45. The molecule has 0 bridgehead atoms. The number of carbonyl (C=O) groups is 5. The van der Waals surface area contributed by atoms with Crippen LogP contribution in [0.5, 0.6) is 5.75 Å². The van der Waals surface area contributed by atoms with Gasteiger partial charge >= 0.3 is 24.1 Å². The summed E-state index contributed by atoms with van der Waals surface area (Å²) in [6, 6.07) is 27.4. The number of hydrogen-bond acceptors (Lipinski definition) is 12. The molecule has 2 aromatic heterocycles. The zero-order valence-electron chi connectivity index (χ0n) is 38.1. The first-order chi connectivity index (χ1) is 33.3. The predicted octanol–water partition coefficient (Wildman–Crippen LogP) is 6.23. The fourth-order valence-electron chi connectivity index (χ4n) is 9.65. The number of anilines is 1. The van der Waals surface area contributed by atoms with E-state index in [1.807, 2.05) is 55.5 Å². The number of cyclic esters (lactones) is 1. The topological polar surface area (TPSA) is 239 Å². The number of aliphatic hydroxyl groups is 1. The Hall–Kier alpha value is -8.05. The second kappa shape index (κ2) is 18.9. The van der Waals surface area contributed by atoms with Crippen molar-refractivity contribution in [1.82, 2.24) is 20.2 Å². The number of pyridine rings is 2. The summed E-state index contributed by atoms with van der Waals surface area (Å²) in [4.78, 5) is 83.1. The number of ether oxygens (including phenoxy) is 4. The highest BCUT2D eigenvalue weighted by molar-refractivity contribution is 5.97. The molecule has 0 radical (unpaired) electrons. The minimum Gasteiger partial charge on any atom is -0.474 e. The molecule has 1 aliphatic carbocycles. The largest absolute Gasteiger partial charge is 0.474 e. The Kier molecular flexibility index (Phi) is 12.6. The van der Waals surface area contributed by atoms with Crippen molar-refractivity contribution in [2.24, 2.45) is 5.73 Å². The van der Waals surface area contributed by atoms with E-state index >= 15 is 0 Å². The van der Waals surface area contributed by atoms with Crippen molar-refractivity contribution in [2.45, 2.75) is 76.3 Å². The Morgan fingerprint density at radius 2 is 1.65 bits per heavy atom. The molecule has 4 heterocycles. The summed E-state index contributed by atoms with van der Waals surface area (Å²) in [5, 5.41) is 20.1. The van der Waals surface area contributed by atoms with Gasteiger partial charge in [-0.25, -0.2) is 24.2 Å². The molecule has 6 N–H and O–H groups in total. The maximum absolute atomic E-state index is 13.8. The van der Waals surface area contributed by atoms with Gasteiger partial charge in [0.05, 0.1) is 36.1 Å². The Bertz CT molecular complexity index is 3070. The Labute approximate surface area is 395 Å². The van der Waals surface area contributed by atoms with E-state index in [2.05, 4.69) is 16.0 Å². The van der Waals surface area contributed by atoms with Gasteiger partial charge in [0.25, 0.3) is 5.56 Å². The summed E-state index contributed by atoms with van der Waals surface area (Å²) in [7, 11) is 1.25. The van der Waals surface area contributed by atoms with Crippen LogP contribution in [-0.2, 0) is 53.8 Å². The smallest absolute Gasteiger partial charge is 0.407 e. The number of benzene rings is 4. The lowest BCUT2D eigenvalue weighted by molar-refractivity contribution is -0.172. The average molecular weight is 935 g/mol. The van der Waals surface area contributed by atoms with Crippen LogP contribution in [0.4, 0.5) is 15.3 Å². The minimum atomic E-state index is -1.95. The van der Waals surface area contributed by atoms with Gasteiger partial charge in [-0.2, -0.15) is 0 Å². The molecule has 0 spiro atoms. The number of primary amides is 1. The second-order valence-electron chi connectivity index (χ2n) is 17.1. The number of rotatable bonds is 15. The van der Waals surface area contributed by atoms with Crippen LogP contribution in [0.25, 0.3) is 33.4 Å². The summed E-state index contributed by atoms with van der Waals surface area (Å²) < 4.78 is 24.0. The quantitative estimate of drug-likeness (QED) is 0.0437. The molecule has 3 aliphatic rings. The summed E-state index contributed by atoms with van der Waals surface area (Å²) in [5.41, 5.74) is 11.8. The number of alkyl carbamates (subject to hydrolysis) is 1. The fourth-order valence-corrected chi connectivity index (χ4v) is 9.65. The van der Waals surface area contributed by atoms with Gasteiger partial charge in [0.2, 0.25) is 12.0 Å². The molecular weight excluding hydrogens is 885 g/mol. The maximum atomic E-state index is 13.8. The fraction of sp³-hybridized carbons (Fsp3) is 0.288. The number of carbonyl (C=O) groups excluding carboxylic acids is 5. The van der Waals surface area contributed by atoms with Crippen LogP contribution >= 0.6 is 0 Å². The van der Waals surface area contributed by atoms with E-state index in [4.69, 9.17) is 29.7 Å². The van der Waals surface area contributed by atoms with Gasteiger partial charge in [0.15, 0.2) is 5.60 Å². The number of nitrogens with zero attached hydrogens (tertiary/aromatic N) is 2. The first-order valence-electron chi connectivity index (χ1n) is 22.8. The Balaban J connectivity index is 0.907. The summed E-state index contributed by atoms with van der Waals surface area (Å²) >= 11 is 0.